The van der Waals surface area contributed by atoms with Crippen LogP contribution in [-0.4, -0.2) is 30.2 Å². The summed E-state index contributed by atoms with van der Waals surface area (Å²) in [7, 11) is 1.42. The van der Waals surface area contributed by atoms with Crippen LogP contribution in [0.2, 0.25) is 0 Å². The third-order valence-electron chi connectivity index (χ3n) is 3.52. The number of halogens is 1. The molecular weight excluding hydrogens is 329 g/mol. The molecule has 0 unspecified atom stereocenters. The first-order valence-electron chi connectivity index (χ1n) is 7.47. The van der Waals surface area contributed by atoms with Crippen molar-refractivity contribution in [3.8, 4) is 11.5 Å². The number of rotatable bonds is 5. The van der Waals surface area contributed by atoms with E-state index in [9.17, 15) is 19.1 Å². The molecule has 132 valence electrons. The van der Waals surface area contributed by atoms with Crippen LogP contribution in [0.1, 0.15) is 22.8 Å². The van der Waals surface area contributed by atoms with Gasteiger partial charge in [-0.2, -0.15) is 0 Å². The van der Waals surface area contributed by atoms with Crippen LogP contribution in [0.5, 0.6) is 11.5 Å². The van der Waals surface area contributed by atoms with E-state index in [0.717, 1.165) is 0 Å². The summed E-state index contributed by atoms with van der Waals surface area (Å²) in [5.74, 6) is -1.88. The fraction of sp³-hybridized carbons (Fsp3) is 0.222. The van der Waals surface area contributed by atoms with Crippen molar-refractivity contribution in [3.63, 3.8) is 0 Å². The van der Waals surface area contributed by atoms with E-state index in [2.05, 4.69) is 5.32 Å². The molecule has 0 fully saturated rings. The average molecular weight is 347 g/mol. The number of ether oxygens (including phenoxy) is 2. The van der Waals surface area contributed by atoms with E-state index in [-0.39, 0.29) is 17.0 Å². The van der Waals surface area contributed by atoms with Crippen LogP contribution in [-0.2, 0) is 9.53 Å². The second-order valence-electron chi connectivity index (χ2n) is 5.38. The Kier molecular flexibility index (Phi) is 5.59. The molecule has 0 spiro atoms. The summed E-state index contributed by atoms with van der Waals surface area (Å²) in [5.41, 5.74) is 0.609. The lowest BCUT2D eigenvalue weighted by Crippen LogP contribution is -2.30. The van der Waals surface area contributed by atoms with Crippen LogP contribution in [0, 0.1) is 12.7 Å². The van der Waals surface area contributed by atoms with Gasteiger partial charge in [0.15, 0.2) is 6.10 Å². The second-order valence-corrected chi connectivity index (χ2v) is 5.38. The number of aromatic hydroxyl groups is 1. The SMILES string of the molecule is COc1ccc(C(=O)O[C@@H](C)C(=O)Nc2ccc(C)c(F)c2)c(O)c1. The molecule has 1 atom stereocenters. The number of nitrogens with one attached hydrogen (secondary N) is 1. The van der Waals surface area contributed by atoms with Gasteiger partial charge in [0.25, 0.3) is 5.91 Å². The number of esters is 1. The average Bonchev–Trinajstić information content (AvgIpc) is 2.57. The molecule has 0 bridgehead atoms. The Bertz CT molecular complexity index is 806. The van der Waals surface area contributed by atoms with Crippen molar-refractivity contribution < 1.29 is 28.6 Å². The molecule has 2 rings (SSSR count). The number of benzene rings is 2. The standard InChI is InChI=1S/C18H18FNO5/c1-10-4-5-12(8-15(10)19)20-17(22)11(2)25-18(23)14-7-6-13(24-3)9-16(14)21/h4-9,11,21H,1-3H3,(H,20,22)/t11-/m0/s1. The van der Waals surface area contributed by atoms with Gasteiger partial charge in [0.1, 0.15) is 22.9 Å². The van der Waals surface area contributed by atoms with Gasteiger partial charge in [0.05, 0.1) is 7.11 Å². The number of hydrogen-bond acceptors (Lipinski definition) is 5. The van der Waals surface area contributed by atoms with Crippen LogP contribution in [0.3, 0.4) is 0 Å². The smallest absolute Gasteiger partial charge is 0.342 e. The van der Waals surface area contributed by atoms with Crippen LogP contribution < -0.4 is 10.1 Å². The summed E-state index contributed by atoms with van der Waals surface area (Å²) >= 11 is 0. The van der Waals surface area contributed by atoms with Gasteiger partial charge in [-0.1, -0.05) is 6.07 Å². The molecule has 0 aliphatic heterocycles. The first-order valence-corrected chi connectivity index (χ1v) is 7.47. The Morgan fingerprint density at radius 2 is 1.92 bits per heavy atom. The summed E-state index contributed by atoms with van der Waals surface area (Å²) in [6, 6.07) is 8.32. The van der Waals surface area contributed by atoms with Crippen molar-refractivity contribution in [1.82, 2.24) is 0 Å². The molecule has 0 aliphatic carbocycles. The predicted molar refractivity (Wildman–Crippen MR) is 89.3 cm³/mol. The molecule has 0 aromatic heterocycles. The van der Waals surface area contributed by atoms with Crippen molar-refractivity contribution in [2.45, 2.75) is 20.0 Å². The Labute approximate surface area is 144 Å². The number of methoxy groups -OCH3 is 1. The topological polar surface area (TPSA) is 84.9 Å². The normalized spacial score (nSPS) is 11.5. The number of aryl methyl sites for hydroxylation is 1. The molecule has 0 saturated heterocycles. The number of anilines is 1. The predicted octanol–water partition coefficient (Wildman–Crippen LogP) is 3.03. The van der Waals surface area contributed by atoms with E-state index < -0.39 is 23.8 Å². The summed E-state index contributed by atoms with van der Waals surface area (Å²) in [6.07, 6.45) is -1.14. The number of phenolic OH excluding ortho intramolecular Hbond substituents is 1. The van der Waals surface area contributed by atoms with Crippen LogP contribution >= 0.6 is 0 Å². The van der Waals surface area contributed by atoms with Gasteiger partial charge in [-0.25, -0.2) is 9.18 Å². The van der Waals surface area contributed by atoms with Crippen molar-refractivity contribution in [1.29, 1.82) is 0 Å². The molecular formula is C18H18FNO5. The Morgan fingerprint density at radius 1 is 1.20 bits per heavy atom. The van der Waals surface area contributed by atoms with Crippen molar-refractivity contribution >= 4 is 17.6 Å². The molecule has 0 aliphatic rings. The molecule has 7 heteroatoms. The van der Waals surface area contributed by atoms with Gasteiger partial charge in [0, 0.05) is 11.8 Å². The highest BCUT2D eigenvalue weighted by atomic mass is 19.1. The maximum atomic E-state index is 13.5. The quantitative estimate of drug-likeness (QED) is 0.812. The van der Waals surface area contributed by atoms with E-state index >= 15 is 0 Å². The molecule has 2 aromatic rings. The lowest BCUT2D eigenvalue weighted by Gasteiger charge is -2.14. The fourth-order valence-electron chi connectivity index (χ4n) is 2.00. The monoisotopic (exact) mass is 347 g/mol. The van der Waals surface area contributed by atoms with Crippen molar-refractivity contribution in [2.24, 2.45) is 0 Å². The van der Waals surface area contributed by atoms with Gasteiger partial charge in [-0.15, -0.1) is 0 Å². The second kappa shape index (κ2) is 7.65. The van der Waals surface area contributed by atoms with Crippen LogP contribution in [0.15, 0.2) is 36.4 Å². The van der Waals surface area contributed by atoms with Gasteiger partial charge in [0.2, 0.25) is 0 Å². The van der Waals surface area contributed by atoms with E-state index in [1.54, 1.807) is 13.0 Å². The summed E-state index contributed by atoms with van der Waals surface area (Å²) < 4.78 is 23.5. The van der Waals surface area contributed by atoms with E-state index in [4.69, 9.17) is 9.47 Å². The Balaban J connectivity index is 2.02. The Hall–Kier alpha value is -3.09. The minimum Gasteiger partial charge on any atom is -0.507 e. The zero-order valence-electron chi connectivity index (χ0n) is 14.0. The third-order valence-corrected chi connectivity index (χ3v) is 3.52. The minimum absolute atomic E-state index is 0.0955. The molecule has 6 nitrogen and oxygen atoms in total. The largest absolute Gasteiger partial charge is 0.507 e. The van der Waals surface area contributed by atoms with Gasteiger partial charge < -0.3 is 19.9 Å². The number of phenols is 1. The summed E-state index contributed by atoms with van der Waals surface area (Å²) in [5, 5.41) is 12.3. The highest BCUT2D eigenvalue weighted by Gasteiger charge is 2.21. The molecule has 0 radical (unpaired) electrons. The molecule has 2 N–H and O–H groups in total. The van der Waals surface area contributed by atoms with Crippen LogP contribution in [0.25, 0.3) is 0 Å². The zero-order valence-corrected chi connectivity index (χ0v) is 14.0. The zero-order chi connectivity index (χ0) is 18.6. The van der Waals surface area contributed by atoms with E-state index in [0.29, 0.717) is 11.3 Å². The lowest BCUT2D eigenvalue weighted by atomic mass is 10.2. The highest BCUT2D eigenvalue weighted by molar-refractivity contribution is 5.98. The number of carbonyl (C=O) groups excluding carboxylic acids is 2. The maximum Gasteiger partial charge on any atom is 0.342 e. The summed E-state index contributed by atoms with van der Waals surface area (Å²) in [4.78, 5) is 24.1. The first-order chi connectivity index (χ1) is 11.8. The number of hydrogen-bond donors (Lipinski definition) is 2. The third kappa shape index (κ3) is 4.47. The van der Waals surface area contributed by atoms with E-state index in [1.807, 2.05) is 0 Å². The number of amides is 1. The van der Waals surface area contributed by atoms with Crippen molar-refractivity contribution in [3.05, 3.63) is 53.3 Å². The van der Waals surface area contributed by atoms with E-state index in [1.165, 1.54) is 44.4 Å². The minimum atomic E-state index is -1.14. The highest BCUT2D eigenvalue weighted by Crippen LogP contribution is 2.24. The molecule has 0 heterocycles. The Morgan fingerprint density at radius 3 is 2.52 bits per heavy atom. The molecule has 0 saturated carbocycles. The van der Waals surface area contributed by atoms with Gasteiger partial charge >= 0.3 is 5.97 Å². The van der Waals surface area contributed by atoms with Gasteiger partial charge in [-0.3, -0.25) is 4.79 Å². The maximum absolute atomic E-state index is 13.5. The lowest BCUT2D eigenvalue weighted by molar-refractivity contribution is -0.123. The molecule has 1 amide bonds. The molecule has 2 aromatic carbocycles. The number of carbonyl (C=O) groups is 2. The van der Waals surface area contributed by atoms with Crippen molar-refractivity contribution in [2.75, 3.05) is 12.4 Å². The van der Waals surface area contributed by atoms with Crippen LogP contribution in [0.4, 0.5) is 10.1 Å². The first kappa shape index (κ1) is 18.3. The van der Waals surface area contributed by atoms with Gasteiger partial charge in [-0.05, 0) is 43.7 Å². The summed E-state index contributed by atoms with van der Waals surface area (Å²) in [6.45, 7) is 2.98. The fourth-order valence-corrected chi connectivity index (χ4v) is 2.00. The molecule has 25 heavy (non-hydrogen) atoms.